The van der Waals surface area contributed by atoms with Crippen LogP contribution in [0.15, 0.2) is 41.2 Å². The molecule has 0 spiro atoms. The minimum absolute atomic E-state index is 0.174. The average Bonchev–Trinajstić information content (AvgIpc) is 2.79. The van der Waals surface area contributed by atoms with Crippen molar-refractivity contribution in [3.8, 4) is 0 Å². The predicted octanol–water partition coefficient (Wildman–Crippen LogP) is 3.09. The highest BCUT2D eigenvalue weighted by atomic mass is 16.1. The molecule has 0 fully saturated rings. The van der Waals surface area contributed by atoms with Gasteiger partial charge in [0.05, 0.1) is 11.0 Å². The van der Waals surface area contributed by atoms with E-state index in [1.54, 1.807) is 0 Å². The maximum Gasteiger partial charge on any atom is 0.323 e. The highest BCUT2D eigenvalue weighted by molar-refractivity contribution is 5.78. The lowest BCUT2D eigenvalue weighted by molar-refractivity contribution is 1.10. The second kappa shape index (κ2) is 4.89. The van der Waals surface area contributed by atoms with Gasteiger partial charge >= 0.3 is 5.69 Å². The van der Waals surface area contributed by atoms with Gasteiger partial charge in [0.25, 0.3) is 0 Å². The molecule has 4 nitrogen and oxygen atoms in total. The third-order valence-electron chi connectivity index (χ3n) is 3.72. The number of benzene rings is 2. The van der Waals surface area contributed by atoms with Gasteiger partial charge in [0, 0.05) is 12.2 Å². The molecule has 3 rings (SSSR count). The van der Waals surface area contributed by atoms with Crippen LogP contribution >= 0.6 is 0 Å². The fourth-order valence-corrected chi connectivity index (χ4v) is 2.34. The Balaban J connectivity index is 1.82. The van der Waals surface area contributed by atoms with Gasteiger partial charge in [0.2, 0.25) is 0 Å². The van der Waals surface area contributed by atoms with Crippen molar-refractivity contribution in [3.05, 3.63) is 63.6 Å². The second-order valence-electron chi connectivity index (χ2n) is 5.05. The lowest BCUT2D eigenvalue weighted by atomic mass is 10.0. The molecule has 4 heteroatoms. The first-order valence-electron chi connectivity index (χ1n) is 6.64. The number of rotatable bonds is 3. The largest absolute Gasteiger partial charge is 0.381 e. The summed E-state index contributed by atoms with van der Waals surface area (Å²) < 4.78 is 0. The van der Waals surface area contributed by atoms with E-state index >= 15 is 0 Å². The van der Waals surface area contributed by atoms with Crippen LogP contribution in [0.4, 0.5) is 5.69 Å². The Morgan fingerprint density at radius 2 is 1.85 bits per heavy atom. The third kappa shape index (κ3) is 2.32. The summed E-state index contributed by atoms with van der Waals surface area (Å²) in [6.45, 7) is 5.03. The van der Waals surface area contributed by atoms with Crippen molar-refractivity contribution >= 4 is 16.7 Å². The molecule has 0 bridgehead atoms. The Morgan fingerprint density at radius 1 is 1.05 bits per heavy atom. The van der Waals surface area contributed by atoms with Gasteiger partial charge in [-0.05, 0) is 48.7 Å². The number of anilines is 1. The number of nitrogens with one attached hydrogen (secondary N) is 3. The number of aromatic nitrogens is 2. The smallest absolute Gasteiger partial charge is 0.323 e. The van der Waals surface area contributed by atoms with Gasteiger partial charge in [-0.25, -0.2) is 4.79 Å². The number of aromatic amines is 2. The van der Waals surface area contributed by atoms with E-state index in [0.29, 0.717) is 0 Å². The van der Waals surface area contributed by atoms with E-state index in [9.17, 15) is 4.79 Å². The SMILES string of the molecule is Cc1cccc(CNc2ccc3[nH]c(=O)[nH]c3c2)c1C. The first-order chi connectivity index (χ1) is 9.63. The highest BCUT2D eigenvalue weighted by Gasteiger charge is 2.02. The number of hydrogen-bond acceptors (Lipinski definition) is 2. The lowest BCUT2D eigenvalue weighted by Crippen LogP contribution is -2.02. The molecule has 0 aliphatic carbocycles. The zero-order chi connectivity index (χ0) is 14.1. The second-order valence-corrected chi connectivity index (χ2v) is 5.05. The zero-order valence-corrected chi connectivity index (χ0v) is 11.6. The van der Waals surface area contributed by atoms with Gasteiger partial charge in [-0.2, -0.15) is 0 Å². The highest BCUT2D eigenvalue weighted by Crippen LogP contribution is 2.17. The maximum atomic E-state index is 11.2. The Hall–Kier alpha value is -2.49. The van der Waals surface area contributed by atoms with Crippen LogP contribution in [0.5, 0.6) is 0 Å². The monoisotopic (exact) mass is 267 g/mol. The van der Waals surface area contributed by atoms with Gasteiger partial charge in [0.15, 0.2) is 0 Å². The van der Waals surface area contributed by atoms with E-state index in [1.165, 1.54) is 16.7 Å². The normalized spacial score (nSPS) is 10.9. The molecule has 0 atom stereocenters. The molecule has 0 radical (unpaired) electrons. The molecule has 0 unspecified atom stereocenters. The van der Waals surface area contributed by atoms with Crippen LogP contribution in [0, 0.1) is 13.8 Å². The number of fused-ring (bicyclic) bond motifs is 1. The predicted molar refractivity (Wildman–Crippen MR) is 82.2 cm³/mol. The first-order valence-corrected chi connectivity index (χ1v) is 6.64. The summed E-state index contributed by atoms with van der Waals surface area (Å²) >= 11 is 0. The molecule has 102 valence electrons. The van der Waals surface area contributed by atoms with Crippen molar-refractivity contribution in [2.75, 3.05) is 5.32 Å². The average molecular weight is 267 g/mol. The molecule has 2 aromatic carbocycles. The summed E-state index contributed by atoms with van der Waals surface area (Å²) in [7, 11) is 0. The van der Waals surface area contributed by atoms with Gasteiger partial charge in [-0.3, -0.25) is 0 Å². The van der Waals surface area contributed by atoms with Gasteiger partial charge in [-0.1, -0.05) is 18.2 Å². The molecular weight excluding hydrogens is 250 g/mol. The Kier molecular flexibility index (Phi) is 3.06. The van der Waals surface area contributed by atoms with E-state index in [0.717, 1.165) is 23.3 Å². The summed E-state index contributed by atoms with van der Waals surface area (Å²) in [5, 5.41) is 3.39. The van der Waals surface area contributed by atoms with E-state index in [-0.39, 0.29) is 5.69 Å². The van der Waals surface area contributed by atoms with E-state index in [4.69, 9.17) is 0 Å². The first kappa shape index (κ1) is 12.5. The van der Waals surface area contributed by atoms with E-state index in [2.05, 4.69) is 47.3 Å². The topological polar surface area (TPSA) is 60.7 Å². The van der Waals surface area contributed by atoms with Gasteiger partial charge < -0.3 is 15.3 Å². The number of H-pyrrole nitrogens is 2. The Morgan fingerprint density at radius 3 is 2.70 bits per heavy atom. The maximum absolute atomic E-state index is 11.2. The van der Waals surface area contributed by atoms with Crippen molar-refractivity contribution in [1.29, 1.82) is 0 Å². The van der Waals surface area contributed by atoms with Crippen molar-refractivity contribution in [2.24, 2.45) is 0 Å². The number of imidazole rings is 1. The van der Waals surface area contributed by atoms with Crippen molar-refractivity contribution in [1.82, 2.24) is 9.97 Å². The summed E-state index contributed by atoms with van der Waals surface area (Å²) in [5.74, 6) is 0. The van der Waals surface area contributed by atoms with Crippen LogP contribution in [0.25, 0.3) is 11.0 Å². The molecule has 0 aliphatic heterocycles. The standard InChI is InChI=1S/C16H17N3O/c1-10-4-3-5-12(11(10)2)9-17-13-6-7-14-15(8-13)19-16(20)18-14/h3-8,17H,9H2,1-2H3,(H2,18,19,20). The van der Waals surface area contributed by atoms with Gasteiger partial charge in [0.1, 0.15) is 0 Å². The molecule has 0 amide bonds. The summed E-state index contributed by atoms with van der Waals surface area (Å²) in [4.78, 5) is 16.7. The molecule has 3 N–H and O–H groups in total. The van der Waals surface area contributed by atoms with E-state index < -0.39 is 0 Å². The summed E-state index contributed by atoms with van der Waals surface area (Å²) in [6, 6.07) is 12.1. The van der Waals surface area contributed by atoms with Crippen LogP contribution in [0.2, 0.25) is 0 Å². The molecule has 3 aromatic rings. The molecule has 0 saturated carbocycles. The Bertz CT molecular complexity index is 814. The van der Waals surface area contributed by atoms with Crippen LogP contribution in [-0.4, -0.2) is 9.97 Å². The van der Waals surface area contributed by atoms with Crippen LogP contribution in [0.1, 0.15) is 16.7 Å². The van der Waals surface area contributed by atoms with Gasteiger partial charge in [-0.15, -0.1) is 0 Å². The molecule has 1 heterocycles. The fraction of sp³-hybridized carbons (Fsp3) is 0.188. The third-order valence-corrected chi connectivity index (χ3v) is 3.72. The summed E-state index contributed by atoms with van der Waals surface area (Å²) in [5.41, 5.74) is 6.37. The molecular formula is C16H17N3O. The van der Waals surface area contributed by atoms with Crippen molar-refractivity contribution < 1.29 is 0 Å². The molecule has 1 aromatic heterocycles. The zero-order valence-electron chi connectivity index (χ0n) is 11.6. The van der Waals surface area contributed by atoms with E-state index in [1.807, 2.05) is 18.2 Å². The summed E-state index contributed by atoms with van der Waals surface area (Å²) in [6.07, 6.45) is 0. The lowest BCUT2D eigenvalue weighted by Gasteiger charge is -2.11. The molecule has 0 aliphatic rings. The van der Waals surface area contributed by atoms with Crippen molar-refractivity contribution in [2.45, 2.75) is 20.4 Å². The van der Waals surface area contributed by atoms with Crippen LogP contribution in [-0.2, 0) is 6.54 Å². The minimum Gasteiger partial charge on any atom is -0.381 e. The van der Waals surface area contributed by atoms with Crippen molar-refractivity contribution in [3.63, 3.8) is 0 Å². The minimum atomic E-state index is -0.174. The van der Waals surface area contributed by atoms with Crippen LogP contribution < -0.4 is 11.0 Å². The number of hydrogen-bond donors (Lipinski definition) is 3. The molecule has 20 heavy (non-hydrogen) atoms. The van der Waals surface area contributed by atoms with Crippen LogP contribution in [0.3, 0.4) is 0 Å². The quantitative estimate of drug-likeness (QED) is 0.683. The fourth-order valence-electron chi connectivity index (χ4n) is 2.34. The Labute approximate surface area is 116 Å². The number of aryl methyl sites for hydroxylation is 1. The molecule has 0 saturated heterocycles.